The van der Waals surface area contributed by atoms with Crippen LogP contribution in [0.25, 0.3) is 21.5 Å². The summed E-state index contributed by atoms with van der Waals surface area (Å²) in [5, 5.41) is 4.75. The smallest absolute Gasteiger partial charge is 0.123 e. The summed E-state index contributed by atoms with van der Waals surface area (Å²) in [5.74, 6) is -0.170. The lowest BCUT2D eigenvalue weighted by Crippen LogP contribution is -1.81. The second-order valence-electron chi connectivity index (χ2n) is 6.21. The van der Waals surface area contributed by atoms with Crippen molar-refractivity contribution in [1.29, 1.82) is 0 Å². The van der Waals surface area contributed by atoms with Crippen LogP contribution in [0.1, 0.15) is 25.0 Å². The molecule has 0 nitrogen and oxygen atoms in total. The van der Waals surface area contributed by atoms with Gasteiger partial charge >= 0.3 is 0 Å². The van der Waals surface area contributed by atoms with Gasteiger partial charge in [-0.15, -0.1) is 0 Å². The van der Waals surface area contributed by atoms with E-state index in [1.807, 2.05) is 18.2 Å². The zero-order valence-electron chi connectivity index (χ0n) is 14.8. The summed E-state index contributed by atoms with van der Waals surface area (Å²) in [6, 6.07) is 26.1. The largest absolute Gasteiger partial charge is 0.207 e. The molecule has 4 rings (SSSR count). The fourth-order valence-corrected chi connectivity index (χ4v) is 2.94. The number of rotatable bonds is 2. The van der Waals surface area contributed by atoms with Crippen LogP contribution in [0.3, 0.4) is 0 Å². The van der Waals surface area contributed by atoms with E-state index in [1.54, 1.807) is 6.07 Å². The molecule has 0 saturated heterocycles. The van der Waals surface area contributed by atoms with Gasteiger partial charge < -0.3 is 0 Å². The van der Waals surface area contributed by atoms with Crippen molar-refractivity contribution in [3.63, 3.8) is 0 Å². The molecule has 126 valence electrons. The van der Waals surface area contributed by atoms with E-state index in [0.29, 0.717) is 0 Å². The number of fused-ring (bicyclic) bond motifs is 2. The molecule has 0 aliphatic carbocycles. The Morgan fingerprint density at radius 3 is 1.68 bits per heavy atom. The zero-order valence-corrected chi connectivity index (χ0v) is 14.8. The van der Waals surface area contributed by atoms with Crippen molar-refractivity contribution in [2.75, 3.05) is 0 Å². The normalized spacial score (nSPS) is 10.5. The van der Waals surface area contributed by atoms with E-state index in [0.717, 1.165) is 23.6 Å². The minimum atomic E-state index is -0.170. The molecule has 0 saturated carbocycles. The van der Waals surface area contributed by atoms with Gasteiger partial charge in [-0.3, -0.25) is 0 Å². The van der Waals surface area contributed by atoms with Gasteiger partial charge in [0.05, 0.1) is 0 Å². The Balaban J connectivity index is 0.000000146. The van der Waals surface area contributed by atoms with Crippen LogP contribution in [0, 0.1) is 5.82 Å². The van der Waals surface area contributed by atoms with Crippen molar-refractivity contribution in [2.45, 2.75) is 26.7 Å². The Hall–Kier alpha value is -2.67. The first-order valence-corrected chi connectivity index (χ1v) is 8.85. The highest BCUT2D eigenvalue weighted by Crippen LogP contribution is 2.17. The Kier molecular flexibility index (Phi) is 5.45. The maximum absolute atomic E-state index is 12.8. The average molecular weight is 330 g/mol. The van der Waals surface area contributed by atoms with E-state index in [4.69, 9.17) is 0 Å². The highest BCUT2D eigenvalue weighted by atomic mass is 19.1. The summed E-state index contributed by atoms with van der Waals surface area (Å²) in [7, 11) is 0. The summed E-state index contributed by atoms with van der Waals surface area (Å²) in [6.45, 7) is 4.30. The minimum absolute atomic E-state index is 0.170. The molecule has 0 bridgehead atoms. The van der Waals surface area contributed by atoms with Crippen LogP contribution >= 0.6 is 0 Å². The summed E-state index contributed by atoms with van der Waals surface area (Å²) in [6.07, 6.45) is 2.14. The lowest BCUT2D eigenvalue weighted by Gasteiger charge is -2.00. The van der Waals surface area contributed by atoms with Gasteiger partial charge in [0.25, 0.3) is 0 Å². The van der Waals surface area contributed by atoms with Gasteiger partial charge in [0.15, 0.2) is 0 Å². The third-order valence-corrected chi connectivity index (χ3v) is 4.50. The van der Waals surface area contributed by atoms with Crippen molar-refractivity contribution in [3.05, 3.63) is 95.8 Å². The summed E-state index contributed by atoms with van der Waals surface area (Å²) in [4.78, 5) is 0. The predicted molar refractivity (Wildman–Crippen MR) is 107 cm³/mol. The second-order valence-corrected chi connectivity index (χ2v) is 6.21. The van der Waals surface area contributed by atoms with Crippen LogP contribution < -0.4 is 0 Å². The van der Waals surface area contributed by atoms with Gasteiger partial charge in [-0.05, 0) is 57.6 Å². The summed E-state index contributed by atoms with van der Waals surface area (Å²) >= 11 is 0. The van der Waals surface area contributed by atoms with Crippen molar-refractivity contribution in [3.8, 4) is 0 Å². The van der Waals surface area contributed by atoms with Crippen molar-refractivity contribution in [2.24, 2.45) is 0 Å². The van der Waals surface area contributed by atoms with Gasteiger partial charge in [0.1, 0.15) is 5.82 Å². The fourth-order valence-electron chi connectivity index (χ4n) is 2.94. The molecule has 25 heavy (non-hydrogen) atoms. The first-order chi connectivity index (χ1) is 12.2. The number of hydrogen-bond donors (Lipinski definition) is 0. The standard InChI is InChI=1S/C12H11F.C12H12/c1-2-9-3-4-11-8-12(13)6-5-10(11)7-9;1-2-10-7-8-11-5-3-4-6-12(11)9-10/h3-8H,2H2,1H3;3-9H,2H2,1H3. The van der Waals surface area contributed by atoms with E-state index in [1.165, 1.54) is 28.0 Å². The van der Waals surface area contributed by atoms with Crippen LogP contribution in [-0.4, -0.2) is 0 Å². The van der Waals surface area contributed by atoms with Gasteiger partial charge in [-0.1, -0.05) is 80.6 Å². The number of benzene rings is 4. The molecule has 0 unspecified atom stereocenters. The van der Waals surface area contributed by atoms with E-state index < -0.39 is 0 Å². The van der Waals surface area contributed by atoms with E-state index >= 15 is 0 Å². The van der Waals surface area contributed by atoms with Crippen LogP contribution in [0.5, 0.6) is 0 Å². The lowest BCUT2D eigenvalue weighted by atomic mass is 10.1. The van der Waals surface area contributed by atoms with Crippen LogP contribution in [0.2, 0.25) is 0 Å². The van der Waals surface area contributed by atoms with Gasteiger partial charge in [0, 0.05) is 0 Å². The number of aryl methyl sites for hydroxylation is 2. The quantitative estimate of drug-likeness (QED) is 0.373. The van der Waals surface area contributed by atoms with Crippen LogP contribution in [-0.2, 0) is 12.8 Å². The molecule has 0 aliphatic rings. The monoisotopic (exact) mass is 330 g/mol. The molecule has 0 heterocycles. The van der Waals surface area contributed by atoms with Crippen molar-refractivity contribution >= 4 is 21.5 Å². The minimum Gasteiger partial charge on any atom is -0.207 e. The summed E-state index contributed by atoms with van der Waals surface area (Å²) < 4.78 is 12.8. The van der Waals surface area contributed by atoms with E-state index in [-0.39, 0.29) is 5.82 Å². The Morgan fingerprint density at radius 1 is 0.560 bits per heavy atom. The molecule has 0 aliphatic heterocycles. The molecule has 0 radical (unpaired) electrons. The Morgan fingerprint density at radius 2 is 1.04 bits per heavy atom. The lowest BCUT2D eigenvalue weighted by molar-refractivity contribution is 0.630. The van der Waals surface area contributed by atoms with E-state index in [2.05, 4.69) is 62.4 Å². The number of halogens is 1. The predicted octanol–water partition coefficient (Wildman–Crippen LogP) is 6.94. The first-order valence-electron chi connectivity index (χ1n) is 8.85. The molecule has 1 heteroatoms. The Labute approximate surface area is 148 Å². The van der Waals surface area contributed by atoms with Gasteiger partial charge in [-0.2, -0.15) is 0 Å². The maximum Gasteiger partial charge on any atom is 0.123 e. The molecule has 0 aromatic heterocycles. The molecule has 4 aromatic carbocycles. The van der Waals surface area contributed by atoms with Crippen molar-refractivity contribution in [1.82, 2.24) is 0 Å². The maximum atomic E-state index is 12.8. The van der Waals surface area contributed by atoms with Crippen molar-refractivity contribution < 1.29 is 4.39 Å². The zero-order chi connectivity index (χ0) is 17.6. The molecule has 4 aromatic rings. The van der Waals surface area contributed by atoms with E-state index in [9.17, 15) is 4.39 Å². The Bertz CT molecular complexity index is 985. The summed E-state index contributed by atoms with van der Waals surface area (Å²) in [5.41, 5.74) is 2.70. The molecule has 0 amide bonds. The molecule has 0 atom stereocenters. The highest BCUT2D eigenvalue weighted by Gasteiger charge is 1.96. The van der Waals surface area contributed by atoms with Gasteiger partial charge in [0.2, 0.25) is 0 Å². The highest BCUT2D eigenvalue weighted by molar-refractivity contribution is 5.83. The molecule has 0 spiro atoms. The third kappa shape index (κ3) is 4.24. The third-order valence-electron chi connectivity index (χ3n) is 4.50. The second kappa shape index (κ2) is 7.94. The number of hydrogen-bond acceptors (Lipinski definition) is 0. The average Bonchev–Trinajstić information content (AvgIpc) is 2.67. The van der Waals surface area contributed by atoms with Crippen LogP contribution in [0.15, 0.2) is 78.9 Å². The molecule has 0 N–H and O–H groups in total. The molecular formula is C24H23F. The SMILES string of the molecule is CCc1ccc2cc(F)ccc2c1.CCc1ccc2ccccc2c1. The molecule has 0 fully saturated rings. The molecular weight excluding hydrogens is 307 g/mol. The topological polar surface area (TPSA) is 0 Å². The first kappa shape index (κ1) is 17.2. The fraction of sp³-hybridized carbons (Fsp3) is 0.167. The van der Waals surface area contributed by atoms with Gasteiger partial charge in [-0.25, -0.2) is 4.39 Å². The van der Waals surface area contributed by atoms with Crippen LogP contribution in [0.4, 0.5) is 4.39 Å².